The lowest BCUT2D eigenvalue weighted by molar-refractivity contribution is 0.0224. The fourth-order valence-corrected chi connectivity index (χ4v) is 3.89. The van der Waals surface area contributed by atoms with Crippen molar-refractivity contribution in [3.05, 3.63) is 59.2 Å². The minimum Gasteiger partial charge on any atom is -0.444 e. The van der Waals surface area contributed by atoms with Gasteiger partial charge in [-0.1, -0.05) is 43.3 Å². The zero-order valence-electron chi connectivity index (χ0n) is 19.5. The van der Waals surface area contributed by atoms with Crippen molar-refractivity contribution in [1.82, 2.24) is 15.0 Å². The Balaban J connectivity index is 1.47. The Hall–Kier alpha value is -3.15. The first-order valence-corrected chi connectivity index (χ1v) is 11.2. The van der Waals surface area contributed by atoms with Gasteiger partial charge in [0.15, 0.2) is 0 Å². The Kier molecular flexibility index (Phi) is 6.04. The molecule has 0 fully saturated rings. The Morgan fingerprint density at radius 3 is 2.50 bits per heavy atom. The molecule has 1 aliphatic rings. The minimum absolute atomic E-state index is 0.269. The monoisotopic (exact) mass is 433 g/mol. The molecule has 0 N–H and O–H groups in total. The van der Waals surface area contributed by atoms with E-state index in [0.717, 1.165) is 29.5 Å². The maximum absolute atomic E-state index is 12.4. The molecule has 0 aliphatic carbocycles. The lowest BCUT2D eigenvalue weighted by atomic mass is 9.97. The highest BCUT2D eigenvalue weighted by atomic mass is 16.6. The van der Waals surface area contributed by atoms with Crippen LogP contribution in [0.4, 0.5) is 4.79 Å². The van der Waals surface area contributed by atoms with E-state index in [-0.39, 0.29) is 6.09 Å². The highest BCUT2D eigenvalue weighted by Crippen LogP contribution is 2.28. The summed E-state index contributed by atoms with van der Waals surface area (Å²) >= 11 is 0. The van der Waals surface area contributed by atoms with Crippen LogP contribution >= 0.6 is 0 Å². The van der Waals surface area contributed by atoms with Gasteiger partial charge in [-0.15, -0.1) is 0 Å². The second kappa shape index (κ2) is 8.77. The summed E-state index contributed by atoms with van der Waals surface area (Å²) in [4.78, 5) is 18.8. The molecular weight excluding hydrogens is 402 g/mol. The van der Waals surface area contributed by atoms with E-state index < -0.39 is 5.60 Å². The number of benzene rings is 2. The van der Waals surface area contributed by atoms with Crippen molar-refractivity contribution in [2.24, 2.45) is 5.92 Å². The number of amides is 1. The summed E-state index contributed by atoms with van der Waals surface area (Å²) in [7, 11) is 0. The molecule has 6 nitrogen and oxygen atoms in total. The lowest BCUT2D eigenvalue weighted by Crippen LogP contribution is -2.39. The average molecular weight is 434 g/mol. The smallest absolute Gasteiger partial charge is 0.410 e. The minimum atomic E-state index is -0.494. The van der Waals surface area contributed by atoms with Crippen molar-refractivity contribution in [2.45, 2.75) is 59.6 Å². The molecule has 168 valence electrons. The molecule has 3 aromatic rings. The molecule has 2 aromatic carbocycles. The molecule has 4 rings (SSSR count). The summed E-state index contributed by atoms with van der Waals surface area (Å²) in [6, 6.07) is 14.4. The van der Waals surface area contributed by atoms with E-state index in [1.54, 1.807) is 4.90 Å². The predicted molar refractivity (Wildman–Crippen MR) is 124 cm³/mol. The Labute approximate surface area is 189 Å². The first-order valence-electron chi connectivity index (χ1n) is 11.2. The second-order valence-corrected chi connectivity index (χ2v) is 9.85. The number of carbonyl (C=O) groups excluding carboxylic acids is 1. The van der Waals surface area contributed by atoms with Gasteiger partial charge in [-0.05, 0) is 74.4 Å². The number of rotatable bonds is 4. The SMILES string of the molecule is CC(C)Cc1ccc(-c2nc(-c3ccc4c(c3)CCN(C(=O)OC(C)(C)C)C4)no2)cc1. The van der Waals surface area contributed by atoms with Crippen molar-refractivity contribution < 1.29 is 14.1 Å². The molecule has 6 heteroatoms. The summed E-state index contributed by atoms with van der Waals surface area (Å²) in [5.74, 6) is 1.71. The van der Waals surface area contributed by atoms with Gasteiger partial charge in [0, 0.05) is 24.2 Å². The molecule has 0 atom stereocenters. The fourth-order valence-electron chi connectivity index (χ4n) is 3.89. The third-order valence-electron chi connectivity index (χ3n) is 5.40. The third-order valence-corrected chi connectivity index (χ3v) is 5.40. The Bertz CT molecular complexity index is 1090. The second-order valence-electron chi connectivity index (χ2n) is 9.85. The number of hydrogen-bond donors (Lipinski definition) is 0. The zero-order valence-corrected chi connectivity index (χ0v) is 19.5. The van der Waals surface area contributed by atoms with Gasteiger partial charge in [0.2, 0.25) is 5.82 Å². The summed E-state index contributed by atoms with van der Waals surface area (Å²) in [6.45, 7) is 11.3. The number of carbonyl (C=O) groups is 1. The first-order chi connectivity index (χ1) is 15.2. The molecule has 0 bridgehead atoms. The van der Waals surface area contributed by atoms with Gasteiger partial charge in [-0.25, -0.2) is 4.79 Å². The largest absolute Gasteiger partial charge is 0.444 e. The van der Waals surface area contributed by atoms with Crippen LogP contribution < -0.4 is 0 Å². The zero-order chi connectivity index (χ0) is 22.9. The molecule has 1 aliphatic heterocycles. The number of aromatic nitrogens is 2. The molecule has 0 saturated carbocycles. The van der Waals surface area contributed by atoms with Crippen molar-refractivity contribution in [2.75, 3.05) is 6.54 Å². The standard InChI is InChI=1S/C26H31N3O3/c1-17(2)14-18-6-8-19(9-7-18)24-27-23(28-32-24)21-10-11-22-16-29(13-12-20(22)15-21)25(30)31-26(3,4)5/h6-11,15,17H,12-14,16H2,1-5H3. The van der Waals surface area contributed by atoms with Crippen molar-refractivity contribution >= 4 is 6.09 Å². The van der Waals surface area contributed by atoms with Gasteiger partial charge in [0.1, 0.15) is 5.60 Å². The number of hydrogen-bond acceptors (Lipinski definition) is 5. The van der Waals surface area contributed by atoms with E-state index in [1.807, 2.05) is 45.0 Å². The lowest BCUT2D eigenvalue weighted by Gasteiger charge is -2.31. The molecule has 32 heavy (non-hydrogen) atoms. The van der Waals surface area contributed by atoms with Gasteiger partial charge in [0.05, 0.1) is 0 Å². The average Bonchev–Trinajstić information content (AvgIpc) is 3.22. The number of fused-ring (bicyclic) bond motifs is 1. The summed E-state index contributed by atoms with van der Waals surface area (Å²) in [5, 5.41) is 4.20. The Morgan fingerprint density at radius 1 is 1.09 bits per heavy atom. The highest BCUT2D eigenvalue weighted by Gasteiger charge is 2.26. The molecule has 0 radical (unpaired) electrons. The predicted octanol–water partition coefficient (Wildman–Crippen LogP) is 5.90. The summed E-state index contributed by atoms with van der Waals surface area (Å²) < 4.78 is 11.0. The molecule has 1 amide bonds. The summed E-state index contributed by atoms with van der Waals surface area (Å²) in [6.07, 6.45) is 1.55. The first kappa shape index (κ1) is 22.1. The highest BCUT2D eigenvalue weighted by molar-refractivity contribution is 5.69. The van der Waals surface area contributed by atoms with E-state index in [0.29, 0.717) is 30.7 Å². The maximum Gasteiger partial charge on any atom is 0.410 e. The molecule has 0 unspecified atom stereocenters. The maximum atomic E-state index is 12.4. The van der Waals surface area contributed by atoms with Crippen LogP contribution in [0.1, 0.15) is 51.3 Å². The van der Waals surface area contributed by atoms with Crippen LogP contribution in [0.15, 0.2) is 47.0 Å². The third kappa shape index (κ3) is 5.18. The van der Waals surface area contributed by atoms with Crippen LogP contribution in [0.3, 0.4) is 0 Å². The van der Waals surface area contributed by atoms with Gasteiger partial charge < -0.3 is 14.2 Å². The molecule has 0 spiro atoms. The van der Waals surface area contributed by atoms with Crippen LogP contribution in [0.25, 0.3) is 22.8 Å². The van der Waals surface area contributed by atoms with E-state index >= 15 is 0 Å². The van der Waals surface area contributed by atoms with Gasteiger partial charge >= 0.3 is 6.09 Å². The molecule has 2 heterocycles. The van der Waals surface area contributed by atoms with Crippen LogP contribution in [0.2, 0.25) is 0 Å². The Morgan fingerprint density at radius 2 is 1.81 bits per heavy atom. The van der Waals surface area contributed by atoms with E-state index in [1.165, 1.54) is 11.1 Å². The van der Waals surface area contributed by atoms with Crippen molar-refractivity contribution in [3.63, 3.8) is 0 Å². The van der Waals surface area contributed by atoms with E-state index in [2.05, 4.69) is 42.2 Å². The number of nitrogens with zero attached hydrogens (tertiary/aromatic N) is 3. The fraction of sp³-hybridized carbons (Fsp3) is 0.423. The van der Waals surface area contributed by atoms with Gasteiger partial charge in [0.25, 0.3) is 5.89 Å². The number of ether oxygens (including phenoxy) is 1. The van der Waals surface area contributed by atoms with E-state index in [4.69, 9.17) is 9.26 Å². The van der Waals surface area contributed by atoms with E-state index in [9.17, 15) is 4.79 Å². The summed E-state index contributed by atoms with van der Waals surface area (Å²) in [5.41, 5.74) is 4.97. The molecular formula is C26H31N3O3. The van der Waals surface area contributed by atoms with Crippen LogP contribution in [0.5, 0.6) is 0 Å². The van der Waals surface area contributed by atoms with Crippen molar-refractivity contribution in [1.29, 1.82) is 0 Å². The van der Waals surface area contributed by atoms with Crippen LogP contribution in [0, 0.1) is 5.92 Å². The molecule has 0 saturated heterocycles. The van der Waals surface area contributed by atoms with Crippen LogP contribution in [-0.2, 0) is 24.1 Å². The van der Waals surface area contributed by atoms with Gasteiger partial charge in [-0.3, -0.25) is 0 Å². The topological polar surface area (TPSA) is 68.5 Å². The quantitative estimate of drug-likeness (QED) is 0.513. The van der Waals surface area contributed by atoms with Crippen molar-refractivity contribution in [3.8, 4) is 22.8 Å². The van der Waals surface area contributed by atoms with Gasteiger partial charge in [-0.2, -0.15) is 4.98 Å². The normalized spacial score (nSPS) is 13.9. The van der Waals surface area contributed by atoms with Crippen LogP contribution in [-0.4, -0.2) is 33.3 Å². The molecule has 1 aromatic heterocycles.